The first-order chi connectivity index (χ1) is 15.9. The molecule has 1 aliphatic rings. The first kappa shape index (κ1) is 26.1. The Morgan fingerprint density at radius 2 is 1.65 bits per heavy atom. The van der Waals surface area contributed by atoms with Gasteiger partial charge in [0.15, 0.2) is 0 Å². The predicted molar refractivity (Wildman–Crippen MR) is 133 cm³/mol. The quantitative estimate of drug-likeness (QED) is 0.568. The summed E-state index contributed by atoms with van der Waals surface area (Å²) in [5, 5.41) is 0. The van der Waals surface area contributed by atoms with Crippen molar-refractivity contribution in [3.05, 3.63) is 64.7 Å². The van der Waals surface area contributed by atoms with Crippen molar-refractivity contribution < 1.29 is 21.6 Å². The van der Waals surface area contributed by atoms with Gasteiger partial charge in [0.1, 0.15) is 0 Å². The van der Waals surface area contributed by atoms with Gasteiger partial charge in [-0.2, -0.15) is 17.4 Å². The number of rotatable bonds is 8. The molecule has 0 atom stereocenters. The van der Waals surface area contributed by atoms with Crippen LogP contribution in [0.5, 0.6) is 0 Å². The van der Waals surface area contributed by atoms with E-state index in [-0.39, 0.29) is 12.5 Å². The Bertz CT molecular complexity index is 1230. The summed E-state index contributed by atoms with van der Waals surface area (Å²) in [5.41, 5.74) is 3.66. The van der Waals surface area contributed by atoms with Gasteiger partial charge in [0, 0.05) is 39.3 Å². The van der Waals surface area contributed by atoms with Gasteiger partial charge in [0.2, 0.25) is 10.0 Å². The van der Waals surface area contributed by atoms with E-state index in [1.807, 2.05) is 24.3 Å². The third-order valence-corrected chi connectivity index (χ3v) is 8.01. The third kappa shape index (κ3) is 6.78. The minimum absolute atomic E-state index is 0.112. The summed E-state index contributed by atoms with van der Waals surface area (Å²) in [6.45, 7) is 3.23. The molecule has 1 amide bonds. The largest absolute Gasteiger partial charge is 0.339 e. The molecule has 34 heavy (non-hydrogen) atoms. The Hall–Kier alpha value is -2.47. The number of anilines is 1. The Morgan fingerprint density at radius 1 is 1.03 bits per heavy atom. The van der Waals surface area contributed by atoms with Crippen molar-refractivity contribution in [1.82, 2.24) is 13.9 Å². The van der Waals surface area contributed by atoms with Crippen molar-refractivity contribution in [2.24, 2.45) is 0 Å². The second-order valence-electron chi connectivity index (χ2n) is 8.82. The first-order valence-electron chi connectivity index (χ1n) is 11.0. The van der Waals surface area contributed by atoms with Crippen LogP contribution in [-0.4, -0.2) is 65.4 Å². The van der Waals surface area contributed by atoms with Crippen molar-refractivity contribution in [1.29, 1.82) is 0 Å². The number of sulfonamides is 1. The van der Waals surface area contributed by atoms with Gasteiger partial charge in [-0.15, -0.1) is 0 Å². The molecule has 1 aliphatic heterocycles. The molecule has 2 aromatic carbocycles. The summed E-state index contributed by atoms with van der Waals surface area (Å²) in [4.78, 5) is 14.8. The molecule has 1 fully saturated rings. The van der Waals surface area contributed by atoms with E-state index in [2.05, 4.69) is 9.44 Å². The number of carbonyl (C=O) groups is 1. The maximum absolute atomic E-state index is 13.0. The average Bonchev–Trinajstić information content (AvgIpc) is 2.78. The maximum atomic E-state index is 13.0. The van der Waals surface area contributed by atoms with Crippen LogP contribution in [0.25, 0.3) is 0 Å². The minimum Gasteiger partial charge on any atom is -0.339 e. The molecule has 2 aromatic rings. The number of hydrogen-bond donors (Lipinski definition) is 2. The molecule has 9 nitrogen and oxygen atoms in total. The van der Waals surface area contributed by atoms with E-state index in [0.29, 0.717) is 30.3 Å². The number of piperidine rings is 1. The van der Waals surface area contributed by atoms with Crippen molar-refractivity contribution in [3.8, 4) is 0 Å². The summed E-state index contributed by atoms with van der Waals surface area (Å²) in [5.74, 6) is 0.204. The monoisotopic (exact) mass is 508 g/mol. The van der Waals surface area contributed by atoms with E-state index in [1.165, 1.54) is 19.7 Å². The topological polar surface area (TPSA) is 116 Å². The lowest BCUT2D eigenvalue weighted by atomic mass is 9.88. The lowest BCUT2D eigenvalue weighted by molar-refractivity contribution is 0.0713. The van der Waals surface area contributed by atoms with Gasteiger partial charge in [-0.3, -0.25) is 9.52 Å². The average molecular weight is 509 g/mol. The van der Waals surface area contributed by atoms with Crippen molar-refractivity contribution in [2.45, 2.75) is 32.2 Å². The zero-order chi connectivity index (χ0) is 25.1. The SMILES string of the molecule is Cc1ccc(C(=O)N2CCC(c3ccc(CNS(=O)(=O)N(C)C)cc3)CC2)cc1NS(C)(=O)=O. The first-order valence-corrected chi connectivity index (χ1v) is 14.3. The zero-order valence-corrected chi connectivity index (χ0v) is 21.5. The highest BCUT2D eigenvalue weighted by molar-refractivity contribution is 7.92. The second kappa shape index (κ2) is 10.4. The Balaban J connectivity index is 1.59. The van der Waals surface area contributed by atoms with Gasteiger partial charge < -0.3 is 4.90 Å². The molecule has 0 saturated carbocycles. The minimum atomic E-state index is -3.47. The fourth-order valence-corrected chi connectivity index (χ4v) is 5.10. The number of nitrogens with zero attached hydrogens (tertiary/aromatic N) is 2. The Morgan fingerprint density at radius 3 is 2.21 bits per heavy atom. The molecule has 2 N–H and O–H groups in total. The molecule has 0 bridgehead atoms. The fourth-order valence-electron chi connectivity index (χ4n) is 3.87. The fraction of sp³-hybridized carbons (Fsp3) is 0.435. The maximum Gasteiger partial charge on any atom is 0.279 e. The van der Waals surface area contributed by atoms with Crippen LogP contribution in [-0.2, 0) is 26.8 Å². The molecule has 0 aliphatic carbocycles. The summed E-state index contributed by atoms with van der Waals surface area (Å²) in [6.07, 6.45) is 2.72. The van der Waals surface area contributed by atoms with Gasteiger partial charge in [0.25, 0.3) is 16.1 Å². The van der Waals surface area contributed by atoms with Crippen LogP contribution < -0.4 is 9.44 Å². The van der Waals surface area contributed by atoms with E-state index in [4.69, 9.17) is 0 Å². The van der Waals surface area contributed by atoms with Crippen LogP contribution in [0.4, 0.5) is 5.69 Å². The number of nitrogens with one attached hydrogen (secondary N) is 2. The summed E-state index contributed by atoms with van der Waals surface area (Å²) in [6, 6.07) is 12.9. The molecule has 0 spiro atoms. The van der Waals surface area contributed by atoms with Crippen LogP contribution in [0.1, 0.15) is 45.8 Å². The smallest absolute Gasteiger partial charge is 0.279 e. The van der Waals surface area contributed by atoms with E-state index in [0.717, 1.165) is 34.5 Å². The molecule has 0 unspecified atom stereocenters. The number of aryl methyl sites for hydroxylation is 1. The van der Waals surface area contributed by atoms with Crippen LogP contribution in [0, 0.1) is 6.92 Å². The molecule has 0 aromatic heterocycles. The highest BCUT2D eigenvalue weighted by atomic mass is 32.2. The van der Waals surface area contributed by atoms with Gasteiger partial charge in [-0.1, -0.05) is 30.3 Å². The van der Waals surface area contributed by atoms with Crippen LogP contribution in [0.2, 0.25) is 0 Å². The van der Waals surface area contributed by atoms with Crippen molar-refractivity contribution >= 4 is 31.8 Å². The molecule has 1 saturated heterocycles. The molecule has 186 valence electrons. The second-order valence-corrected chi connectivity index (χ2v) is 12.5. The van der Waals surface area contributed by atoms with E-state index in [9.17, 15) is 21.6 Å². The summed E-state index contributed by atoms with van der Waals surface area (Å²) >= 11 is 0. The lowest BCUT2D eigenvalue weighted by Crippen LogP contribution is -2.38. The number of likely N-dealkylation sites (tertiary alicyclic amines) is 1. The normalized spacial score (nSPS) is 15.5. The number of benzene rings is 2. The summed E-state index contributed by atoms with van der Waals surface area (Å²) < 4.78 is 53.0. The molecular formula is C23H32N4O5S2. The predicted octanol–water partition coefficient (Wildman–Crippen LogP) is 2.28. The van der Waals surface area contributed by atoms with E-state index < -0.39 is 20.2 Å². The lowest BCUT2D eigenvalue weighted by Gasteiger charge is -2.32. The molecule has 11 heteroatoms. The third-order valence-electron chi connectivity index (χ3n) is 5.95. The van der Waals surface area contributed by atoms with Crippen LogP contribution in [0.3, 0.4) is 0 Å². The van der Waals surface area contributed by atoms with Crippen molar-refractivity contribution in [2.75, 3.05) is 38.2 Å². The Labute approximate surface area is 202 Å². The summed E-state index contributed by atoms with van der Waals surface area (Å²) in [7, 11) is -3.94. The zero-order valence-electron chi connectivity index (χ0n) is 19.9. The van der Waals surface area contributed by atoms with Gasteiger partial charge >= 0.3 is 0 Å². The highest BCUT2D eigenvalue weighted by Gasteiger charge is 2.25. The molecule has 3 rings (SSSR count). The van der Waals surface area contributed by atoms with Crippen LogP contribution in [0.15, 0.2) is 42.5 Å². The molecule has 0 radical (unpaired) electrons. The van der Waals surface area contributed by atoms with E-state index in [1.54, 1.807) is 30.0 Å². The molecule has 1 heterocycles. The number of amides is 1. The van der Waals surface area contributed by atoms with Crippen molar-refractivity contribution in [3.63, 3.8) is 0 Å². The number of carbonyl (C=O) groups excluding carboxylic acids is 1. The Kier molecular flexibility index (Phi) is 8.02. The number of hydrogen-bond acceptors (Lipinski definition) is 5. The van der Waals surface area contributed by atoms with Gasteiger partial charge in [0.05, 0.1) is 11.9 Å². The van der Waals surface area contributed by atoms with Gasteiger partial charge in [-0.25, -0.2) is 8.42 Å². The van der Waals surface area contributed by atoms with E-state index >= 15 is 0 Å². The standard InChI is InChI=1S/C23H32N4O5S2/c1-17-5-8-21(15-22(17)25-33(4,29)30)23(28)27-13-11-20(12-14-27)19-9-6-18(7-10-19)16-24-34(31,32)26(2)3/h5-10,15,20,24-25H,11-14,16H2,1-4H3. The highest BCUT2D eigenvalue weighted by Crippen LogP contribution is 2.29. The van der Waals surface area contributed by atoms with Gasteiger partial charge in [-0.05, 0) is 54.5 Å². The van der Waals surface area contributed by atoms with Crippen LogP contribution >= 0.6 is 0 Å². The molecular weight excluding hydrogens is 476 g/mol.